The van der Waals surface area contributed by atoms with Crippen molar-refractivity contribution in [2.75, 3.05) is 23.5 Å². The van der Waals surface area contributed by atoms with Gasteiger partial charge in [-0.2, -0.15) is 13.2 Å². The van der Waals surface area contributed by atoms with Crippen LogP contribution in [0.4, 0.5) is 18.9 Å². The molecule has 0 N–H and O–H groups in total. The Morgan fingerprint density at radius 3 is 2.66 bits per heavy atom. The number of benzene rings is 2. The van der Waals surface area contributed by atoms with Gasteiger partial charge in [0.1, 0.15) is 12.0 Å². The summed E-state index contributed by atoms with van der Waals surface area (Å²) in [6, 6.07) is 9.25. The van der Waals surface area contributed by atoms with Gasteiger partial charge in [-0.15, -0.1) is 0 Å². The fourth-order valence-corrected chi connectivity index (χ4v) is 7.54. The highest BCUT2D eigenvalue weighted by molar-refractivity contribution is 8.15. The lowest BCUT2D eigenvalue weighted by Gasteiger charge is -2.26. The molecule has 0 radical (unpaired) electrons. The molecule has 6 nitrogen and oxygen atoms in total. The van der Waals surface area contributed by atoms with Gasteiger partial charge in [0, 0.05) is 22.1 Å². The van der Waals surface area contributed by atoms with Crippen LogP contribution in [0.2, 0.25) is 0 Å². The van der Waals surface area contributed by atoms with Gasteiger partial charge in [-0.1, -0.05) is 17.8 Å². The SMILES string of the molecule is COc1ccc(C=O)cc1CN(C1=N[C@H]2CS(=O)(=O)C[C@@H]2S1)c1cccc(C(F)(F)F)c1. The third-order valence-corrected chi connectivity index (χ3v) is 8.54. The number of halogens is 3. The van der Waals surface area contributed by atoms with Crippen molar-refractivity contribution in [1.82, 2.24) is 0 Å². The monoisotopic (exact) mass is 484 g/mol. The highest BCUT2D eigenvalue weighted by atomic mass is 32.2. The smallest absolute Gasteiger partial charge is 0.416 e. The average molecular weight is 485 g/mol. The van der Waals surface area contributed by atoms with Crippen LogP contribution < -0.4 is 9.64 Å². The maximum absolute atomic E-state index is 13.3. The van der Waals surface area contributed by atoms with Gasteiger partial charge in [0.05, 0.1) is 36.8 Å². The molecule has 2 aliphatic rings. The number of anilines is 1. The number of alkyl halides is 3. The van der Waals surface area contributed by atoms with Gasteiger partial charge in [-0.05, 0) is 36.4 Å². The maximum atomic E-state index is 13.3. The van der Waals surface area contributed by atoms with Crippen molar-refractivity contribution >= 4 is 38.7 Å². The maximum Gasteiger partial charge on any atom is 0.416 e. The Kier molecular flexibility index (Phi) is 5.97. The Labute approximate surface area is 187 Å². The molecule has 0 aliphatic carbocycles. The fraction of sp³-hybridized carbons (Fsp3) is 0.333. The third kappa shape index (κ3) is 4.63. The Morgan fingerprint density at radius 2 is 2.00 bits per heavy atom. The predicted octanol–water partition coefficient (Wildman–Crippen LogP) is 3.80. The first kappa shape index (κ1) is 22.7. The van der Waals surface area contributed by atoms with E-state index in [1.54, 1.807) is 29.2 Å². The average Bonchev–Trinajstić information content (AvgIpc) is 3.24. The molecule has 32 heavy (non-hydrogen) atoms. The molecule has 0 spiro atoms. The van der Waals surface area contributed by atoms with E-state index in [2.05, 4.69) is 4.99 Å². The van der Waals surface area contributed by atoms with E-state index in [0.29, 0.717) is 28.3 Å². The number of aliphatic imine (C=N–C) groups is 1. The summed E-state index contributed by atoms with van der Waals surface area (Å²) >= 11 is 1.25. The summed E-state index contributed by atoms with van der Waals surface area (Å²) in [7, 11) is -1.71. The minimum absolute atomic E-state index is 0.0181. The number of hydrogen-bond donors (Lipinski definition) is 0. The first-order chi connectivity index (χ1) is 15.1. The summed E-state index contributed by atoms with van der Waals surface area (Å²) in [6.07, 6.45) is -3.85. The predicted molar refractivity (Wildman–Crippen MR) is 117 cm³/mol. The number of rotatable bonds is 5. The Balaban J connectivity index is 1.76. The first-order valence-corrected chi connectivity index (χ1v) is 12.3. The van der Waals surface area contributed by atoms with E-state index in [-0.39, 0.29) is 29.0 Å². The zero-order chi connectivity index (χ0) is 23.1. The van der Waals surface area contributed by atoms with Gasteiger partial charge >= 0.3 is 6.18 Å². The van der Waals surface area contributed by atoms with Crippen LogP contribution in [0.1, 0.15) is 21.5 Å². The number of thioether (sulfide) groups is 1. The van der Waals surface area contributed by atoms with Gasteiger partial charge in [0.15, 0.2) is 15.0 Å². The number of carbonyl (C=O) groups is 1. The molecule has 0 bridgehead atoms. The molecule has 11 heteroatoms. The van der Waals surface area contributed by atoms with E-state index in [0.717, 1.165) is 12.1 Å². The van der Waals surface area contributed by atoms with Crippen LogP contribution in [-0.2, 0) is 22.6 Å². The van der Waals surface area contributed by atoms with Crippen molar-refractivity contribution in [1.29, 1.82) is 0 Å². The normalized spacial score (nSPS) is 21.7. The summed E-state index contributed by atoms with van der Waals surface area (Å²) < 4.78 is 69.3. The van der Waals surface area contributed by atoms with Gasteiger partial charge in [0.2, 0.25) is 0 Å². The van der Waals surface area contributed by atoms with E-state index in [1.165, 1.54) is 24.9 Å². The highest BCUT2D eigenvalue weighted by Gasteiger charge is 2.44. The molecule has 2 aromatic rings. The summed E-state index contributed by atoms with van der Waals surface area (Å²) in [4.78, 5) is 17.4. The van der Waals surface area contributed by atoms with Crippen LogP contribution in [0.3, 0.4) is 0 Å². The number of sulfone groups is 1. The molecule has 0 amide bonds. The van der Waals surface area contributed by atoms with Crippen molar-refractivity contribution < 1.29 is 31.1 Å². The Hall–Kier alpha value is -2.53. The zero-order valence-electron chi connectivity index (χ0n) is 16.9. The lowest BCUT2D eigenvalue weighted by molar-refractivity contribution is -0.137. The Morgan fingerprint density at radius 1 is 1.22 bits per heavy atom. The molecule has 2 aromatic carbocycles. The molecule has 2 heterocycles. The third-order valence-electron chi connectivity index (χ3n) is 5.29. The van der Waals surface area contributed by atoms with E-state index >= 15 is 0 Å². The van der Waals surface area contributed by atoms with Crippen molar-refractivity contribution in [3.05, 3.63) is 59.2 Å². The van der Waals surface area contributed by atoms with Crippen LogP contribution in [0.25, 0.3) is 0 Å². The van der Waals surface area contributed by atoms with Gasteiger partial charge in [0.25, 0.3) is 0 Å². The minimum Gasteiger partial charge on any atom is -0.496 e. The molecule has 2 atom stereocenters. The van der Waals surface area contributed by atoms with Crippen LogP contribution in [0.5, 0.6) is 5.75 Å². The number of amidine groups is 1. The summed E-state index contributed by atoms with van der Waals surface area (Å²) in [5.74, 6) is 0.378. The zero-order valence-corrected chi connectivity index (χ0v) is 18.5. The molecule has 170 valence electrons. The van der Waals surface area contributed by atoms with E-state index in [4.69, 9.17) is 4.74 Å². The summed E-state index contributed by atoms with van der Waals surface area (Å²) in [5.41, 5.74) is 0.434. The Bertz CT molecular complexity index is 1180. The van der Waals surface area contributed by atoms with Crippen molar-refractivity contribution in [3.63, 3.8) is 0 Å². The molecule has 1 saturated heterocycles. The van der Waals surface area contributed by atoms with Gasteiger partial charge < -0.3 is 9.64 Å². The molecular formula is C21H19F3N2O4S2. The number of carbonyl (C=O) groups excluding carboxylic acids is 1. The minimum atomic E-state index is -4.52. The molecular weight excluding hydrogens is 465 g/mol. The quantitative estimate of drug-likeness (QED) is 0.601. The number of aldehydes is 1. The molecule has 0 aromatic heterocycles. The lowest BCUT2D eigenvalue weighted by atomic mass is 10.1. The number of nitrogens with zero attached hydrogens (tertiary/aromatic N) is 2. The van der Waals surface area contributed by atoms with Crippen LogP contribution in [0, 0.1) is 0 Å². The van der Waals surface area contributed by atoms with E-state index in [1.807, 2.05) is 0 Å². The lowest BCUT2D eigenvalue weighted by Crippen LogP contribution is -2.28. The second-order valence-electron chi connectivity index (χ2n) is 7.54. The topological polar surface area (TPSA) is 76.0 Å². The van der Waals surface area contributed by atoms with E-state index in [9.17, 15) is 26.4 Å². The first-order valence-electron chi connectivity index (χ1n) is 9.61. The molecule has 4 rings (SSSR count). The molecule has 0 unspecified atom stereocenters. The largest absolute Gasteiger partial charge is 0.496 e. The highest BCUT2D eigenvalue weighted by Crippen LogP contribution is 2.39. The standard InChI is InChI=1S/C21H19F3N2O4S2/c1-30-18-6-5-13(10-27)7-14(18)9-26(16-4-2-3-15(8-16)21(22,23)24)20-25-17-11-32(28,29)12-19(17)31-20/h2-8,10,17,19H,9,11-12H2,1H3/t17-,19-/m0/s1. The molecule has 2 aliphatic heterocycles. The van der Waals surface area contributed by atoms with Crippen molar-refractivity contribution in [2.24, 2.45) is 4.99 Å². The van der Waals surface area contributed by atoms with Crippen LogP contribution in [-0.4, -0.2) is 49.8 Å². The number of methoxy groups -OCH3 is 1. The van der Waals surface area contributed by atoms with Gasteiger partial charge in [-0.25, -0.2) is 8.42 Å². The number of hydrogen-bond acceptors (Lipinski definition) is 7. The summed E-state index contributed by atoms with van der Waals surface area (Å²) in [5, 5.41) is 0.166. The van der Waals surface area contributed by atoms with E-state index < -0.39 is 27.6 Å². The van der Waals surface area contributed by atoms with Crippen molar-refractivity contribution in [2.45, 2.75) is 24.0 Å². The van der Waals surface area contributed by atoms with Crippen LogP contribution in [0.15, 0.2) is 47.5 Å². The van der Waals surface area contributed by atoms with Crippen LogP contribution >= 0.6 is 11.8 Å². The second kappa shape index (κ2) is 8.43. The number of fused-ring (bicyclic) bond motifs is 1. The number of ether oxygens (including phenoxy) is 1. The molecule has 0 saturated carbocycles. The van der Waals surface area contributed by atoms with Crippen molar-refractivity contribution in [3.8, 4) is 5.75 Å². The van der Waals surface area contributed by atoms with Gasteiger partial charge in [-0.3, -0.25) is 9.79 Å². The second-order valence-corrected chi connectivity index (χ2v) is 10.9. The molecule has 1 fully saturated rings. The fourth-order valence-electron chi connectivity index (χ4n) is 3.76. The summed E-state index contributed by atoms with van der Waals surface area (Å²) in [6.45, 7) is 0.0875.